The molecule has 0 unspecified atom stereocenters. The van der Waals surface area contributed by atoms with Crippen molar-refractivity contribution in [3.8, 4) is 0 Å². The Hall–Kier alpha value is 1.19. The quantitative estimate of drug-likeness (QED) is 0.425. The molecule has 1 fully saturated rings. The van der Waals surface area contributed by atoms with E-state index in [-0.39, 0.29) is 0 Å². The molecule has 0 amide bonds. The van der Waals surface area contributed by atoms with Crippen molar-refractivity contribution in [3.05, 3.63) is 0 Å². The molecule has 1 saturated carbocycles. The van der Waals surface area contributed by atoms with Crippen LogP contribution in [0.5, 0.6) is 0 Å². The Bertz CT molecular complexity index is 72.6. The van der Waals surface area contributed by atoms with Crippen LogP contribution in [0.3, 0.4) is 0 Å². The first kappa shape index (κ1) is 7.30. The summed E-state index contributed by atoms with van der Waals surface area (Å²) in [7, 11) is 0. The molecule has 0 saturated heterocycles. The second-order valence-electron chi connectivity index (χ2n) is 2.53. The summed E-state index contributed by atoms with van der Waals surface area (Å²) in [5.74, 6) is 0. The topological polar surface area (TPSA) is 0 Å². The molecule has 0 spiro atoms. The zero-order valence-electron chi connectivity index (χ0n) is 4.91. The number of hydrogen-bond donors (Lipinski definition) is 0. The molecule has 8 heavy (non-hydrogen) atoms. The molecule has 0 N–H and O–H groups in total. The first-order valence-electron chi connectivity index (χ1n) is 3.15. The number of hydrogen-bond acceptors (Lipinski definition) is 0. The van der Waals surface area contributed by atoms with Gasteiger partial charge in [-0.3, -0.25) is 0 Å². The standard InChI is InChI=1S/C6H10Br.Ti/c7-6-4-2-1-3-5-6;/h1-5H2;. The van der Waals surface area contributed by atoms with Crippen LogP contribution in [0.4, 0.5) is 0 Å². The van der Waals surface area contributed by atoms with E-state index in [0.29, 0.717) is 2.63 Å². The van der Waals surface area contributed by atoms with E-state index in [9.17, 15) is 0 Å². The van der Waals surface area contributed by atoms with Gasteiger partial charge < -0.3 is 0 Å². The molecule has 1 rings (SSSR count). The van der Waals surface area contributed by atoms with Crippen molar-refractivity contribution in [3.63, 3.8) is 0 Å². The Labute approximate surface area is 71.0 Å². The fourth-order valence-corrected chi connectivity index (χ4v) is 2.23. The molecule has 0 heterocycles. The molecule has 1 aliphatic rings. The van der Waals surface area contributed by atoms with Crippen LogP contribution in [-0.2, 0) is 20.4 Å². The molecule has 0 aromatic carbocycles. The van der Waals surface area contributed by atoms with Gasteiger partial charge in [0.2, 0.25) is 0 Å². The number of halogens is 1. The fraction of sp³-hybridized carbons (Fsp3) is 1.00. The molecule has 2 heteroatoms. The van der Waals surface area contributed by atoms with Crippen LogP contribution in [0, 0.1) is 0 Å². The van der Waals surface area contributed by atoms with Gasteiger partial charge in [-0.05, 0) is 0 Å². The van der Waals surface area contributed by atoms with E-state index in [2.05, 4.69) is 36.4 Å². The minimum atomic E-state index is 0.491. The van der Waals surface area contributed by atoms with Gasteiger partial charge in [-0.1, -0.05) is 0 Å². The first-order chi connectivity index (χ1) is 3.71. The normalized spacial score (nSPS) is 27.5. The van der Waals surface area contributed by atoms with Crippen LogP contribution in [-0.4, -0.2) is 2.63 Å². The molecule has 0 aliphatic heterocycles. The third-order valence-corrected chi connectivity index (χ3v) is 3.22. The molecule has 45 valence electrons. The van der Waals surface area contributed by atoms with Gasteiger partial charge >= 0.3 is 71.1 Å². The summed E-state index contributed by atoms with van der Waals surface area (Å²) in [6.45, 7) is 0. The Morgan fingerprint density at radius 1 is 1.12 bits per heavy atom. The second-order valence-corrected chi connectivity index (χ2v) is 6.68. The SMILES string of the molecule is [Ti][C]1(Br)CCCCC1. The van der Waals surface area contributed by atoms with Gasteiger partial charge in [0.15, 0.2) is 0 Å². The zero-order chi connectivity index (χ0) is 6.04. The summed E-state index contributed by atoms with van der Waals surface area (Å²) in [6.07, 6.45) is 7.02. The Morgan fingerprint density at radius 2 is 1.62 bits per heavy atom. The average Bonchev–Trinajstić information content (AvgIpc) is 1.65. The van der Waals surface area contributed by atoms with Crippen LogP contribution in [0.1, 0.15) is 32.1 Å². The van der Waals surface area contributed by atoms with E-state index >= 15 is 0 Å². The number of rotatable bonds is 0. The van der Waals surface area contributed by atoms with Crippen LogP contribution >= 0.6 is 15.9 Å². The fourth-order valence-electron chi connectivity index (χ4n) is 1.11. The average molecular weight is 210 g/mol. The molecule has 1 aliphatic carbocycles. The first-order valence-corrected chi connectivity index (χ1v) is 4.72. The van der Waals surface area contributed by atoms with Gasteiger partial charge in [-0.2, -0.15) is 0 Å². The van der Waals surface area contributed by atoms with E-state index in [1.165, 1.54) is 32.1 Å². The van der Waals surface area contributed by atoms with E-state index in [0.717, 1.165) is 0 Å². The summed E-state index contributed by atoms with van der Waals surface area (Å²) in [4.78, 5) is 0. The predicted octanol–water partition coefficient (Wildman–Crippen LogP) is 2.59. The summed E-state index contributed by atoms with van der Waals surface area (Å²) < 4.78 is 0.491. The van der Waals surface area contributed by atoms with Crippen molar-refractivity contribution < 1.29 is 20.4 Å². The maximum absolute atomic E-state index is 3.69. The van der Waals surface area contributed by atoms with E-state index < -0.39 is 0 Å². The van der Waals surface area contributed by atoms with Gasteiger partial charge in [-0.25, -0.2) is 0 Å². The second kappa shape index (κ2) is 2.85. The predicted molar refractivity (Wildman–Crippen MR) is 34.7 cm³/mol. The van der Waals surface area contributed by atoms with Gasteiger partial charge in [0.25, 0.3) is 0 Å². The van der Waals surface area contributed by atoms with Crippen LogP contribution in [0.25, 0.3) is 0 Å². The van der Waals surface area contributed by atoms with Crippen LogP contribution in [0.2, 0.25) is 0 Å². The molecular weight excluding hydrogens is 200 g/mol. The van der Waals surface area contributed by atoms with E-state index in [4.69, 9.17) is 0 Å². The van der Waals surface area contributed by atoms with Crippen LogP contribution < -0.4 is 0 Å². The van der Waals surface area contributed by atoms with E-state index in [1.54, 1.807) is 0 Å². The Balaban J connectivity index is 2.33. The zero-order valence-corrected chi connectivity index (χ0v) is 8.06. The third-order valence-electron chi connectivity index (χ3n) is 1.65. The van der Waals surface area contributed by atoms with Gasteiger partial charge in [0, 0.05) is 0 Å². The van der Waals surface area contributed by atoms with Crippen molar-refractivity contribution in [1.29, 1.82) is 0 Å². The molecule has 0 radical (unpaired) electrons. The van der Waals surface area contributed by atoms with Gasteiger partial charge in [-0.15, -0.1) is 0 Å². The van der Waals surface area contributed by atoms with Gasteiger partial charge in [0.05, 0.1) is 0 Å². The molecular formula is C6H10BrTi. The summed E-state index contributed by atoms with van der Waals surface area (Å²) >= 11 is 5.99. The van der Waals surface area contributed by atoms with Crippen molar-refractivity contribution in [1.82, 2.24) is 0 Å². The molecule has 0 aromatic rings. The van der Waals surface area contributed by atoms with Crippen molar-refractivity contribution in [2.75, 3.05) is 0 Å². The molecule has 0 atom stereocenters. The Morgan fingerprint density at radius 3 is 1.88 bits per heavy atom. The minimum absolute atomic E-state index is 0.491. The molecule has 0 bridgehead atoms. The molecule has 0 nitrogen and oxygen atoms in total. The van der Waals surface area contributed by atoms with Crippen LogP contribution in [0.15, 0.2) is 0 Å². The third kappa shape index (κ3) is 2.20. The number of alkyl halides is 1. The summed E-state index contributed by atoms with van der Waals surface area (Å²) in [5, 5.41) is 0. The van der Waals surface area contributed by atoms with Crippen molar-refractivity contribution in [2.45, 2.75) is 34.7 Å². The maximum atomic E-state index is 3.69. The summed E-state index contributed by atoms with van der Waals surface area (Å²) in [5.41, 5.74) is 0. The van der Waals surface area contributed by atoms with Gasteiger partial charge in [0.1, 0.15) is 0 Å². The molecule has 0 aromatic heterocycles. The van der Waals surface area contributed by atoms with Crippen molar-refractivity contribution in [2.24, 2.45) is 0 Å². The summed E-state index contributed by atoms with van der Waals surface area (Å²) in [6, 6.07) is 0. The monoisotopic (exact) mass is 209 g/mol. The Kier molecular flexibility index (Phi) is 2.60. The van der Waals surface area contributed by atoms with E-state index in [1.807, 2.05) is 0 Å². The van der Waals surface area contributed by atoms with Crippen molar-refractivity contribution >= 4 is 15.9 Å².